The van der Waals surface area contributed by atoms with E-state index >= 15 is 0 Å². The first-order chi connectivity index (χ1) is 8.14. The molecule has 0 saturated heterocycles. The van der Waals surface area contributed by atoms with Crippen molar-refractivity contribution >= 4 is 9.84 Å². The van der Waals surface area contributed by atoms with Crippen LogP contribution in [0.4, 0.5) is 4.39 Å². The largest absolute Gasteiger partial charge is 0.327 e. The molecule has 3 nitrogen and oxygen atoms in total. The topological polar surface area (TPSA) is 60.2 Å². The molecule has 0 aromatic heterocycles. The fourth-order valence-corrected chi connectivity index (χ4v) is 3.29. The van der Waals surface area contributed by atoms with Gasteiger partial charge in [0.05, 0.1) is 0 Å². The number of benzene rings is 1. The van der Waals surface area contributed by atoms with Gasteiger partial charge in [-0.05, 0) is 35.4 Å². The molecule has 1 aliphatic carbocycles. The van der Waals surface area contributed by atoms with E-state index in [0.717, 1.165) is 18.2 Å². The number of hydrogen-bond acceptors (Lipinski definition) is 3. The van der Waals surface area contributed by atoms with Gasteiger partial charge >= 0.3 is 0 Å². The van der Waals surface area contributed by atoms with Crippen molar-refractivity contribution in [3.8, 4) is 0 Å². The molecule has 5 heteroatoms. The van der Waals surface area contributed by atoms with Crippen LogP contribution in [0.15, 0.2) is 23.1 Å². The Morgan fingerprint density at radius 3 is 2.39 bits per heavy atom. The van der Waals surface area contributed by atoms with Crippen LogP contribution in [0.3, 0.4) is 0 Å². The molecule has 1 fully saturated rings. The summed E-state index contributed by atoms with van der Waals surface area (Å²) in [6.07, 6.45) is 1.82. The van der Waals surface area contributed by atoms with Crippen LogP contribution < -0.4 is 5.73 Å². The van der Waals surface area contributed by atoms with Crippen molar-refractivity contribution in [2.24, 2.45) is 11.1 Å². The number of sulfone groups is 1. The van der Waals surface area contributed by atoms with Crippen LogP contribution in [0.25, 0.3) is 0 Å². The maximum Gasteiger partial charge on any atom is 0.178 e. The zero-order valence-electron chi connectivity index (χ0n) is 10.8. The lowest BCUT2D eigenvalue weighted by Crippen LogP contribution is -2.52. The quantitative estimate of drug-likeness (QED) is 0.895. The average Bonchev–Trinajstić information content (AvgIpc) is 2.23. The molecular weight excluding hydrogens is 253 g/mol. The second kappa shape index (κ2) is 4.03. The zero-order chi connectivity index (χ0) is 13.7. The first-order valence-electron chi connectivity index (χ1n) is 5.89. The first kappa shape index (κ1) is 13.5. The van der Waals surface area contributed by atoms with Gasteiger partial charge in [0.25, 0.3) is 0 Å². The number of nitrogens with two attached hydrogens (primary N) is 1. The van der Waals surface area contributed by atoms with E-state index in [9.17, 15) is 12.8 Å². The molecule has 1 aromatic rings. The maximum atomic E-state index is 13.8. The molecule has 0 heterocycles. The van der Waals surface area contributed by atoms with E-state index in [1.165, 1.54) is 12.1 Å². The minimum atomic E-state index is -3.50. The summed E-state index contributed by atoms with van der Waals surface area (Å²) in [6.45, 7) is 4.10. The molecule has 0 amide bonds. The Morgan fingerprint density at radius 2 is 2.00 bits per heavy atom. The molecule has 2 rings (SSSR count). The summed E-state index contributed by atoms with van der Waals surface area (Å²) in [6, 6.07) is 4.48. The highest BCUT2D eigenvalue weighted by atomic mass is 32.2. The summed E-state index contributed by atoms with van der Waals surface area (Å²) in [5.74, 6) is -0.484. The average molecular weight is 271 g/mol. The molecule has 2 N–H and O–H groups in total. The van der Waals surface area contributed by atoms with Crippen LogP contribution in [0.2, 0.25) is 0 Å². The highest BCUT2D eigenvalue weighted by Crippen LogP contribution is 2.51. The SMILES string of the molecule is CC1(C)C(N)CC1c1ccc(S(C)(=O)=O)c(F)c1. The van der Waals surface area contributed by atoms with E-state index in [1.807, 2.05) is 13.8 Å². The first-order valence-corrected chi connectivity index (χ1v) is 7.78. The Hall–Kier alpha value is -0.940. The minimum Gasteiger partial charge on any atom is -0.327 e. The van der Waals surface area contributed by atoms with Gasteiger partial charge in [-0.2, -0.15) is 0 Å². The fraction of sp³-hybridized carbons (Fsp3) is 0.538. The molecule has 0 bridgehead atoms. The van der Waals surface area contributed by atoms with Crippen LogP contribution in [-0.2, 0) is 9.84 Å². The van der Waals surface area contributed by atoms with E-state index in [1.54, 1.807) is 6.07 Å². The van der Waals surface area contributed by atoms with Crippen LogP contribution in [-0.4, -0.2) is 20.7 Å². The molecule has 0 radical (unpaired) electrons. The molecule has 0 aliphatic heterocycles. The molecular formula is C13H18FNO2S. The molecule has 2 atom stereocenters. The Morgan fingerprint density at radius 1 is 1.39 bits per heavy atom. The third-order valence-corrected chi connectivity index (χ3v) is 5.23. The smallest absolute Gasteiger partial charge is 0.178 e. The van der Waals surface area contributed by atoms with Crippen molar-refractivity contribution in [3.63, 3.8) is 0 Å². The van der Waals surface area contributed by atoms with Gasteiger partial charge in [0, 0.05) is 12.3 Å². The van der Waals surface area contributed by atoms with E-state index < -0.39 is 15.7 Å². The van der Waals surface area contributed by atoms with Crippen LogP contribution in [0.5, 0.6) is 0 Å². The lowest BCUT2D eigenvalue weighted by Gasteiger charge is -2.50. The van der Waals surface area contributed by atoms with Gasteiger partial charge in [-0.15, -0.1) is 0 Å². The Labute approximate surface area is 107 Å². The standard InChI is InChI=1S/C13H18FNO2S/c1-13(2)9(7-12(13)15)8-4-5-11(10(14)6-8)18(3,16)17/h4-6,9,12H,7,15H2,1-3H3. The molecule has 0 spiro atoms. The Kier molecular flexibility index (Phi) is 3.02. The second-order valence-electron chi connectivity index (χ2n) is 5.68. The second-order valence-corrected chi connectivity index (χ2v) is 7.66. The molecule has 18 heavy (non-hydrogen) atoms. The van der Waals surface area contributed by atoms with Crippen LogP contribution in [0.1, 0.15) is 31.7 Å². The summed E-state index contributed by atoms with van der Waals surface area (Å²) in [5.41, 5.74) is 6.69. The van der Waals surface area contributed by atoms with Crippen LogP contribution >= 0.6 is 0 Å². The van der Waals surface area contributed by atoms with E-state index in [2.05, 4.69) is 0 Å². The van der Waals surface area contributed by atoms with Gasteiger partial charge < -0.3 is 5.73 Å². The summed E-state index contributed by atoms with van der Waals surface area (Å²) in [4.78, 5) is -0.243. The highest BCUT2D eigenvalue weighted by molar-refractivity contribution is 7.90. The van der Waals surface area contributed by atoms with Crippen molar-refractivity contribution < 1.29 is 12.8 Å². The van der Waals surface area contributed by atoms with Crippen LogP contribution in [0, 0.1) is 11.2 Å². The number of rotatable bonds is 2. The Bertz CT molecular complexity index is 581. The number of hydrogen-bond donors (Lipinski definition) is 1. The van der Waals surface area contributed by atoms with Gasteiger partial charge in [-0.3, -0.25) is 0 Å². The summed E-state index contributed by atoms with van der Waals surface area (Å²) >= 11 is 0. The molecule has 1 saturated carbocycles. The predicted octanol–water partition coefficient (Wildman–Crippen LogP) is 2.07. The molecule has 1 aromatic carbocycles. The van der Waals surface area contributed by atoms with Gasteiger partial charge in [-0.1, -0.05) is 19.9 Å². The minimum absolute atomic E-state index is 0.0704. The third kappa shape index (κ3) is 2.06. The predicted molar refractivity (Wildman–Crippen MR) is 68.6 cm³/mol. The third-order valence-electron chi connectivity index (χ3n) is 4.10. The van der Waals surface area contributed by atoms with Gasteiger partial charge in [0.15, 0.2) is 9.84 Å². The van der Waals surface area contributed by atoms with E-state index in [0.29, 0.717) is 0 Å². The zero-order valence-corrected chi connectivity index (χ0v) is 11.6. The van der Waals surface area contributed by atoms with Crippen molar-refractivity contribution in [2.75, 3.05) is 6.26 Å². The van der Waals surface area contributed by atoms with Gasteiger partial charge in [0.2, 0.25) is 0 Å². The monoisotopic (exact) mass is 271 g/mol. The van der Waals surface area contributed by atoms with E-state index in [-0.39, 0.29) is 22.3 Å². The normalized spacial score (nSPS) is 26.7. The fourth-order valence-electron chi connectivity index (χ4n) is 2.56. The van der Waals surface area contributed by atoms with Crippen molar-refractivity contribution in [1.82, 2.24) is 0 Å². The molecule has 2 unspecified atom stereocenters. The van der Waals surface area contributed by atoms with Gasteiger partial charge in [-0.25, -0.2) is 12.8 Å². The van der Waals surface area contributed by atoms with Crippen molar-refractivity contribution in [3.05, 3.63) is 29.6 Å². The van der Waals surface area contributed by atoms with Crippen molar-refractivity contribution in [1.29, 1.82) is 0 Å². The molecule has 100 valence electrons. The lowest BCUT2D eigenvalue weighted by atomic mass is 9.57. The highest BCUT2D eigenvalue weighted by Gasteiger charge is 2.46. The maximum absolute atomic E-state index is 13.8. The number of halogens is 1. The molecule has 1 aliphatic rings. The summed E-state index contributed by atoms with van der Waals surface area (Å²) < 4.78 is 36.5. The lowest BCUT2D eigenvalue weighted by molar-refractivity contribution is 0.0981. The Balaban J connectivity index is 2.37. The van der Waals surface area contributed by atoms with E-state index in [4.69, 9.17) is 5.73 Å². The summed E-state index contributed by atoms with van der Waals surface area (Å²) in [5, 5.41) is 0. The van der Waals surface area contributed by atoms with Gasteiger partial charge in [0.1, 0.15) is 10.7 Å². The van der Waals surface area contributed by atoms with Crippen molar-refractivity contribution in [2.45, 2.75) is 37.1 Å². The summed E-state index contributed by atoms with van der Waals surface area (Å²) in [7, 11) is -3.50.